The molecule has 128 valence electrons. The summed E-state index contributed by atoms with van der Waals surface area (Å²) in [6.45, 7) is 4.41. The van der Waals surface area contributed by atoms with Gasteiger partial charge in [-0.3, -0.25) is 9.69 Å². The predicted molar refractivity (Wildman–Crippen MR) is 69.3 cm³/mol. The number of carboxylic acid groups (broad SMARTS) is 1. The maximum absolute atomic E-state index is 13.1. The number of carboxylic acids is 1. The Morgan fingerprint density at radius 2 is 1.95 bits per heavy atom. The highest BCUT2D eigenvalue weighted by Gasteiger charge is 2.50. The van der Waals surface area contributed by atoms with Crippen LogP contribution in [-0.4, -0.2) is 59.6 Å². The number of amides is 1. The van der Waals surface area contributed by atoms with Crippen molar-refractivity contribution in [2.75, 3.05) is 19.8 Å². The van der Waals surface area contributed by atoms with Crippen molar-refractivity contribution in [1.29, 1.82) is 0 Å². The first-order valence-electron chi connectivity index (χ1n) is 6.77. The van der Waals surface area contributed by atoms with Gasteiger partial charge >= 0.3 is 18.2 Å². The molecule has 1 heterocycles. The highest BCUT2D eigenvalue weighted by atomic mass is 19.4. The van der Waals surface area contributed by atoms with Crippen LogP contribution in [0.15, 0.2) is 0 Å². The maximum Gasteiger partial charge on any atom is 0.410 e. The molecule has 6 nitrogen and oxygen atoms in total. The average molecular weight is 327 g/mol. The number of ether oxygens (including phenoxy) is 2. The van der Waals surface area contributed by atoms with Gasteiger partial charge in [0.25, 0.3) is 0 Å². The van der Waals surface area contributed by atoms with Crippen LogP contribution in [0.2, 0.25) is 0 Å². The van der Waals surface area contributed by atoms with Gasteiger partial charge in [-0.15, -0.1) is 0 Å². The van der Waals surface area contributed by atoms with Crippen LogP contribution >= 0.6 is 0 Å². The van der Waals surface area contributed by atoms with E-state index in [-0.39, 0.29) is 19.8 Å². The highest BCUT2D eigenvalue weighted by Crippen LogP contribution is 2.35. The molecule has 0 aromatic rings. The quantitative estimate of drug-likeness (QED) is 0.860. The van der Waals surface area contributed by atoms with Gasteiger partial charge in [0.05, 0.1) is 31.6 Å². The summed E-state index contributed by atoms with van der Waals surface area (Å²) < 4.78 is 49.5. The monoisotopic (exact) mass is 327 g/mol. The van der Waals surface area contributed by atoms with Crippen LogP contribution < -0.4 is 0 Å². The van der Waals surface area contributed by atoms with Gasteiger partial charge in [-0.25, -0.2) is 4.79 Å². The second-order valence-electron chi connectivity index (χ2n) is 6.06. The van der Waals surface area contributed by atoms with Gasteiger partial charge < -0.3 is 14.6 Å². The van der Waals surface area contributed by atoms with Crippen molar-refractivity contribution in [1.82, 2.24) is 4.90 Å². The van der Waals surface area contributed by atoms with Crippen molar-refractivity contribution in [3.05, 3.63) is 0 Å². The standard InChI is InChI=1S/C13H20F3NO5/c1-12(2,3)22-11(20)17-4-5-21-7-9(17)8(6-10(18)19)13(14,15)16/h8-9H,4-7H2,1-3H3,(H,18,19). The van der Waals surface area contributed by atoms with Gasteiger partial charge in [-0.05, 0) is 20.8 Å². The van der Waals surface area contributed by atoms with E-state index in [9.17, 15) is 22.8 Å². The molecule has 2 atom stereocenters. The molecule has 1 rings (SSSR count). The molecule has 0 aromatic heterocycles. The minimum atomic E-state index is -4.76. The number of hydrogen-bond donors (Lipinski definition) is 1. The van der Waals surface area contributed by atoms with Crippen LogP contribution in [0.3, 0.4) is 0 Å². The van der Waals surface area contributed by atoms with Gasteiger partial charge in [0.1, 0.15) is 5.60 Å². The summed E-state index contributed by atoms with van der Waals surface area (Å²) in [6.07, 6.45) is -6.79. The van der Waals surface area contributed by atoms with E-state index >= 15 is 0 Å². The zero-order chi connectivity index (χ0) is 17.1. The van der Waals surface area contributed by atoms with Crippen LogP contribution in [0.25, 0.3) is 0 Å². The smallest absolute Gasteiger partial charge is 0.410 e. The Labute approximate surface area is 126 Å². The average Bonchev–Trinajstić information content (AvgIpc) is 2.32. The summed E-state index contributed by atoms with van der Waals surface area (Å²) in [7, 11) is 0. The third kappa shape index (κ3) is 5.36. The second-order valence-corrected chi connectivity index (χ2v) is 6.06. The van der Waals surface area contributed by atoms with E-state index in [1.807, 2.05) is 0 Å². The summed E-state index contributed by atoms with van der Waals surface area (Å²) in [5.41, 5.74) is -0.861. The summed E-state index contributed by atoms with van der Waals surface area (Å²) in [5.74, 6) is -3.80. The molecule has 0 saturated carbocycles. The normalized spacial score (nSPS) is 21.4. The lowest BCUT2D eigenvalue weighted by Crippen LogP contribution is -2.56. The molecule has 2 unspecified atom stereocenters. The van der Waals surface area contributed by atoms with E-state index in [2.05, 4.69) is 0 Å². The largest absolute Gasteiger partial charge is 0.481 e. The van der Waals surface area contributed by atoms with Gasteiger partial charge in [0.2, 0.25) is 0 Å². The molecule has 0 bridgehead atoms. The Morgan fingerprint density at radius 1 is 1.36 bits per heavy atom. The molecule has 1 amide bonds. The van der Waals surface area contributed by atoms with Gasteiger partial charge in [0, 0.05) is 6.54 Å². The van der Waals surface area contributed by atoms with E-state index in [0.717, 1.165) is 4.90 Å². The van der Waals surface area contributed by atoms with Crippen LogP contribution in [0, 0.1) is 5.92 Å². The first-order valence-corrected chi connectivity index (χ1v) is 6.77. The Hall–Kier alpha value is -1.51. The fourth-order valence-corrected chi connectivity index (χ4v) is 2.16. The zero-order valence-corrected chi connectivity index (χ0v) is 12.6. The van der Waals surface area contributed by atoms with Crippen molar-refractivity contribution in [2.24, 2.45) is 5.92 Å². The molecule has 1 fully saturated rings. The lowest BCUT2D eigenvalue weighted by atomic mass is 9.94. The summed E-state index contributed by atoms with van der Waals surface area (Å²) in [4.78, 5) is 23.7. The van der Waals surface area contributed by atoms with E-state index in [1.165, 1.54) is 0 Å². The minimum Gasteiger partial charge on any atom is -0.481 e. The fraction of sp³-hybridized carbons (Fsp3) is 0.846. The maximum atomic E-state index is 13.1. The highest BCUT2D eigenvalue weighted by molar-refractivity contribution is 5.70. The van der Waals surface area contributed by atoms with Crippen molar-refractivity contribution in [3.63, 3.8) is 0 Å². The molecular formula is C13H20F3NO5. The topological polar surface area (TPSA) is 76.1 Å². The number of carbonyl (C=O) groups excluding carboxylic acids is 1. The molecule has 0 radical (unpaired) electrons. The molecule has 1 N–H and O–H groups in total. The number of hydrogen-bond acceptors (Lipinski definition) is 4. The van der Waals surface area contributed by atoms with Crippen molar-refractivity contribution in [3.8, 4) is 0 Å². The Bertz CT molecular complexity index is 419. The number of halogens is 3. The van der Waals surface area contributed by atoms with E-state index in [4.69, 9.17) is 14.6 Å². The number of carbonyl (C=O) groups is 2. The van der Waals surface area contributed by atoms with Crippen molar-refractivity contribution < 1.29 is 37.3 Å². The van der Waals surface area contributed by atoms with Gasteiger partial charge in [0.15, 0.2) is 0 Å². The zero-order valence-electron chi connectivity index (χ0n) is 12.6. The third-order valence-corrected chi connectivity index (χ3v) is 3.07. The second kappa shape index (κ2) is 6.72. The Balaban J connectivity index is 2.99. The summed E-state index contributed by atoms with van der Waals surface area (Å²) in [6, 6.07) is -1.42. The Morgan fingerprint density at radius 3 is 2.41 bits per heavy atom. The molecule has 1 saturated heterocycles. The molecule has 22 heavy (non-hydrogen) atoms. The molecule has 1 aliphatic heterocycles. The van der Waals surface area contributed by atoms with Gasteiger partial charge in [-0.1, -0.05) is 0 Å². The van der Waals surface area contributed by atoms with Crippen molar-refractivity contribution in [2.45, 2.75) is 45.0 Å². The first-order chi connectivity index (χ1) is 9.92. The molecular weight excluding hydrogens is 307 g/mol. The fourth-order valence-electron chi connectivity index (χ4n) is 2.16. The van der Waals surface area contributed by atoms with Crippen LogP contribution in [0.5, 0.6) is 0 Å². The Kier molecular flexibility index (Phi) is 5.66. The molecule has 9 heteroatoms. The van der Waals surface area contributed by atoms with E-state index in [0.29, 0.717) is 0 Å². The van der Waals surface area contributed by atoms with Crippen molar-refractivity contribution >= 4 is 12.1 Å². The number of alkyl halides is 3. The van der Waals surface area contributed by atoms with Crippen LogP contribution in [0.1, 0.15) is 27.2 Å². The van der Waals surface area contributed by atoms with Crippen LogP contribution in [-0.2, 0) is 14.3 Å². The third-order valence-electron chi connectivity index (χ3n) is 3.07. The molecule has 0 spiro atoms. The number of nitrogens with zero attached hydrogens (tertiary/aromatic N) is 1. The minimum absolute atomic E-state index is 0.0768. The first kappa shape index (κ1) is 18.5. The molecule has 0 aromatic carbocycles. The molecule has 0 aliphatic carbocycles. The van der Waals surface area contributed by atoms with Gasteiger partial charge in [-0.2, -0.15) is 13.2 Å². The molecule has 1 aliphatic rings. The predicted octanol–water partition coefficient (Wildman–Crippen LogP) is 2.28. The summed E-state index contributed by atoms with van der Waals surface area (Å²) in [5, 5.41) is 8.71. The van der Waals surface area contributed by atoms with E-state index < -0.39 is 42.2 Å². The number of rotatable bonds is 3. The summed E-state index contributed by atoms with van der Waals surface area (Å²) >= 11 is 0. The van der Waals surface area contributed by atoms with E-state index in [1.54, 1.807) is 20.8 Å². The number of aliphatic carboxylic acids is 1. The lowest BCUT2D eigenvalue weighted by Gasteiger charge is -2.40. The van der Waals surface area contributed by atoms with Crippen LogP contribution in [0.4, 0.5) is 18.0 Å². The number of morpholine rings is 1. The SMILES string of the molecule is CC(C)(C)OC(=O)N1CCOCC1C(CC(=O)O)C(F)(F)F. The lowest BCUT2D eigenvalue weighted by molar-refractivity contribution is -0.206.